The molecule has 1 aliphatic rings. The first kappa shape index (κ1) is 16.1. The molecule has 1 saturated carbocycles. The molecule has 0 aliphatic heterocycles. The Balaban J connectivity index is 1.83. The number of hydrogen-bond acceptors (Lipinski definition) is 4. The lowest BCUT2D eigenvalue weighted by Crippen LogP contribution is -2.07. The van der Waals surface area contributed by atoms with E-state index in [0.29, 0.717) is 22.6 Å². The lowest BCUT2D eigenvalue weighted by atomic mass is 10.1. The summed E-state index contributed by atoms with van der Waals surface area (Å²) in [4.78, 5) is 9.17. The summed E-state index contributed by atoms with van der Waals surface area (Å²) in [6, 6.07) is 7.49. The standard InChI is InChI=1S/C18H21ClN2O2/c1-12(20-15-6-4-2-3-5-7-15)16-18(22)23-17(21-16)13-8-10-14(19)11-9-13/h8-11,15,22H,2-7H2,1H3. The van der Waals surface area contributed by atoms with Crippen LogP contribution < -0.4 is 0 Å². The van der Waals surface area contributed by atoms with Gasteiger partial charge in [-0.2, -0.15) is 0 Å². The minimum Gasteiger partial charge on any atom is -0.479 e. The Morgan fingerprint density at radius 1 is 1.17 bits per heavy atom. The van der Waals surface area contributed by atoms with Crippen molar-refractivity contribution in [3.05, 3.63) is 35.0 Å². The third-order valence-corrected chi connectivity index (χ3v) is 4.50. The van der Waals surface area contributed by atoms with Gasteiger partial charge in [-0.1, -0.05) is 37.3 Å². The zero-order valence-corrected chi connectivity index (χ0v) is 14.0. The summed E-state index contributed by atoms with van der Waals surface area (Å²) in [5.41, 5.74) is 1.94. The first-order chi connectivity index (χ1) is 11.1. The van der Waals surface area contributed by atoms with Gasteiger partial charge in [-0.15, -0.1) is 0 Å². The molecule has 4 nitrogen and oxygen atoms in total. The second kappa shape index (κ2) is 7.18. The number of benzene rings is 1. The van der Waals surface area contributed by atoms with Crippen LogP contribution in [0.25, 0.3) is 11.5 Å². The summed E-state index contributed by atoms with van der Waals surface area (Å²) < 4.78 is 5.40. The molecule has 5 heteroatoms. The highest BCUT2D eigenvalue weighted by molar-refractivity contribution is 6.30. The number of rotatable bonds is 3. The van der Waals surface area contributed by atoms with Crippen molar-refractivity contribution in [2.75, 3.05) is 0 Å². The van der Waals surface area contributed by atoms with Crippen LogP contribution in [0.1, 0.15) is 51.1 Å². The quantitative estimate of drug-likeness (QED) is 0.618. The van der Waals surface area contributed by atoms with E-state index in [1.165, 1.54) is 25.7 Å². The Bertz CT molecular complexity index is 684. The number of aromatic nitrogens is 1. The molecule has 0 atom stereocenters. The van der Waals surface area contributed by atoms with E-state index in [4.69, 9.17) is 21.0 Å². The predicted octanol–water partition coefficient (Wildman–Crippen LogP) is 5.23. The molecule has 3 rings (SSSR count). The Morgan fingerprint density at radius 2 is 1.83 bits per heavy atom. The van der Waals surface area contributed by atoms with Crippen LogP contribution in [0.3, 0.4) is 0 Å². The second-order valence-electron chi connectivity index (χ2n) is 6.04. The van der Waals surface area contributed by atoms with Gasteiger partial charge in [0.25, 0.3) is 0 Å². The summed E-state index contributed by atoms with van der Waals surface area (Å²) >= 11 is 5.89. The molecule has 0 spiro atoms. The Labute approximate surface area is 141 Å². The molecule has 1 N–H and O–H groups in total. The average Bonchev–Trinajstić information content (AvgIpc) is 2.75. The van der Waals surface area contributed by atoms with E-state index in [9.17, 15) is 5.11 Å². The normalized spacial score (nSPS) is 17.2. The third kappa shape index (κ3) is 3.94. The summed E-state index contributed by atoms with van der Waals surface area (Å²) in [5.74, 6) is 0.203. The molecular weight excluding hydrogens is 312 g/mol. The van der Waals surface area contributed by atoms with Gasteiger partial charge in [0.2, 0.25) is 5.89 Å². The van der Waals surface area contributed by atoms with Crippen molar-refractivity contribution < 1.29 is 9.52 Å². The number of nitrogens with zero attached hydrogens (tertiary/aromatic N) is 2. The fraction of sp³-hybridized carbons (Fsp3) is 0.444. The molecule has 1 aromatic carbocycles. The summed E-state index contributed by atoms with van der Waals surface area (Å²) in [5, 5.41) is 10.7. The van der Waals surface area contributed by atoms with Crippen LogP contribution in [-0.4, -0.2) is 21.8 Å². The Kier molecular flexibility index (Phi) is 5.01. The molecule has 0 unspecified atom stereocenters. The van der Waals surface area contributed by atoms with E-state index in [-0.39, 0.29) is 5.95 Å². The highest BCUT2D eigenvalue weighted by Gasteiger charge is 2.18. The Morgan fingerprint density at radius 3 is 2.48 bits per heavy atom. The van der Waals surface area contributed by atoms with E-state index in [1.54, 1.807) is 12.1 Å². The van der Waals surface area contributed by atoms with Gasteiger partial charge in [0.15, 0.2) is 5.69 Å². The highest BCUT2D eigenvalue weighted by Crippen LogP contribution is 2.28. The van der Waals surface area contributed by atoms with Crippen LogP contribution >= 0.6 is 11.6 Å². The fourth-order valence-corrected chi connectivity index (χ4v) is 3.11. The summed E-state index contributed by atoms with van der Waals surface area (Å²) in [6.07, 6.45) is 7.26. The molecule has 0 bridgehead atoms. The maximum Gasteiger partial charge on any atom is 0.312 e. The van der Waals surface area contributed by atoms with Crippen LogP contribution in [0.5, 0.6) is 5.95 Å². The molecule has 122 valence electrons. The largest absolute Gasteiger partial charge is 0.479 e. The van der Waals surface area contributed by atoms with Crippen LogP contribution in [-0.2, 0) is 0 Å². The monoisotopic (exact) mass is 332 g/mol. The van der Waals surface area contributed by atoms with Crippen LogP contribution in [0.2, 0.25) is 5.02 Å². The van der Waals surface area contributed by atoms with Gasteiger partial charge in [0.1, 0.15) is 0 Å². The van der Waals surface area contributed by atoms with E-state index in [2.05, 4.69) is 4.98 Å². The fourth-order valence-electron chi connectivity index (χ4n) is 2.99. The first-order valence-corrected chi connectivity index (χ1v) is 8.52. The van der Waals surface area contributed by atoms with Gasteiger partial charge in [0, 0.05) is 10.6 Å². The van der Waals surface area contributed by atoms with Crippen molar-refractivity contribution in [2.24, 2.45) is 4.99 Å². The van der Waals surface area contributed by atoms with Crippen molar-refractivity contribution in [2.45, 2.75) is 51.5 Å². The van der Waals surface area contributed by atoms with E-state index in [0.717, 1.165) is 24.1 Å². The maximum absolute atomic E-state index is 10.1. The second-order valence-corrected chi connectivity index (χ2v) is 6.48. The van der Waals surface area contributed by atoms with Gasteiger partial charge >= 0.3 is 5.95 Å². The number of aliphatic imine (C=N–C) groups is 1. The van der Waals surface area contributed by atoms with Gasteiger partial charge in [0.05, 0.1) is 11.8 Å². The molecule has 0 saturated heterocycles. The van der Waals surface area contributed by atoms with Crippen LogP contribution in [0.15, 0.2) is 33.7 Å². The molecule has 2 aromatic rings. The van der Waals surface area contributed by atoms with Crippen LogP contribution in [0, 0.1) is 0 Å². The number of oxazole rings is 1. The molecular formula is C18H21ClN2O2. The van der Waals surface area contributed by atoms with Gasteiger partial charge in [-0.25, -0.2) is 4.98 Å². The van der Waals surface area contributed by atoms with Crippen molar-refractivity contribution >= 4 is 17.3 Å². The van der Waals surface area contributed by atoms with Gasteiger partial charge < -0.3 is 9.52 Å². The van der Waals surface area contributed by atoms with Crippen LogP contribution in [0.4, 0.5) is 0 Å². The summed E-state index contributed by atoms with van der Waals surface area (Å²) in [7, 11) is 0. The zero-order chi connectivity index (χ0) is 16.2. The molecule has 1 aliphatic carbocycles. The maximum atomic E-state index is 10.1. The topological polar surface area (TPSA) is 58.6 Å². The van der Waals surface area contributed by atoms with Crippen molar-refractivity contribution in [1.29, 1.82) is 0 Å². The molecule has 1 aromatic heterocycles. The number of aromatic hydroxyl groups is 1. The average molecular weight is 333 g/mol. The van der Waals surface area contributed by atoms with Crippen molar-refractivity contribution in [1.82, 2.24) is 4.98 Å². The van der Waals surface area contributed by atoms with E-state index >= 15 is 0 Å². The molecule has 1 heterocycles. The van der Waals surface area contributed by atoms with E-state index < -0.39 is 0 Å². The third-order valence-electron chi connectivity index (χ3n) is 4.24. The molecule has 1 fully saturated rings. The number of hydrogen-bond donors (Lipinski definition) is 1. The minimum atomic E-state index is -0.176. The molecule has 0 radical (unpaired) electrons. The SMILES string of the molecule is CC(=NC1CCCCCC1)c1nc(-c2ccc(Cl)cc2)oc1O. The highest BCUT2D eigenvalue weighted by atomic mass is 35.5. The van der Waals surface area contributed by atoms with Crippen molar-refractivity contribution in [3.8, 4) is 17.4 Å². The zero-order valence-electron chi connectivity index (χ0n) is 13.3. The predicted molar refractivity (Wildman–Crippen MR) is 92.3 cm³/mol. The van der Waals surface area contributed by atoms with E-state index in [1.807, 2.05) is 19.1 Å². The van der Waals surface area contributed by atoms with Gasteiger partial charge in [-0.3, -0.25) is 4.99 Å². The number of halogens is 1. The molecule has 23 heavy (non-hydrogen) atoms. The lowest BCUT2D eigenvalue weighted by molar-refractivity contribution is 0.336. The van der Waals surface area contributed by atoms with Crippen molar-refractivity contribution in [3.63, 3.8) is 0 Å². The summed E-state index contributed by atoms with van der Waals surface area (Å²) in [6.45, 7) is 1.88. The molecule has 0 amide bonds. The minimum absolute atomic E-state index is 0.176. The smallest absolute Gasteiger partial charge is 0.312 e. The Hall–Kier alpha value is -1.81. The van der Waals surface area contributed by atoms with Gasteiger partial charge in [-0.05, 0) is 44.0 Å². The first-order valence-electron chi connectivity index (χ1n) is 8.14. The lowest BCUT2D eigenvalue weighted by Gasteiger charge is -2.09.